The van der Waals surface area contributed by atoms with Gasteiger partial charge in [-0.2, -0.15) is 0 Å². The summed E-state index contributed by atoms with van der Waals surface area (Å²) >= 11 is 0. The summed E-state index contributed by atoms with van der Waals surface area (Å²) in [5, 5.41) is 5.41. The molecule has 0 saturated carbocycles. The van der Waals surface area contributed by atoms with Gasteiger partial charge in [-0.3, -0.25) is 19.2 Å². The third-order valence-electron chi connectivity index (χ3n) is 10.1. The van der Waals surface area contributed by atoms with E-state index in [1.165, 1.54) is 0 Å². The highest BCUT2D eigenvalue weighted by Gasteiger charge is 2.30. The fourth-order valence-corrected chi connectivity index (χ4v) is 6.99. The standard InChI is InChI=1S/C46H57N5O7/c1-30(2)39(27-38(52)23-24-43(54)50-28-37-14-8-7-12-35(37)21-22-36-13-9-10-16-41(36)50)44(55)49-40(15-11-25-48-45(47)56)42(53)26-33-17-19-34(20-18-33)29-58-46(57)51(31(3)4)32(5)6/h7-10,12-14,16-20,30-32,39-40H,11,15,23-29H2,1-6H3,(H,49,55)(H3,47,48,56)/t39-,40-/m0/s1. The van der Waals surface area contributed by atoms with Crippen LogP contribution in [0.1, 0.15) is 101 Å². The van der Waals surface area contributed by atoms with E-state index in [4.69, 9.17) is 10.5 Å². The fourth-order valence-electron chi connectivity index (χ4n) is 6.99. The Morgan fingerprint density at radius 3 is 2.09 bits per heavy atom. The summed E-state index contributed by atoms with van der Waals surface area (Å²) in [5.74, 6) is 4.27. The molecule has 4 N–H and O–H groups in total. The molecule has 12 nitrogen and oxygen atoms in total. The number of fused-ring (bicyclic) bond motifs is 2. The number of anilines is 1. The van der Waals surface area contributed by atoms with Crippen LogP contribution in [0.5, 0.6) is 0 Å². The largest absolute Gasteiger partial charge is 0.445 e. The van der Waals surface area contributed by atoms with E-state index in [1.54, 1.807) is 34.1 Å². The molecule has 2 atom stereocenters. The van der Waals surface area contributed by atoms with Crippen molar-refractivity contribution < 1.29 is 33.5 Å². The number of carbonyl (C=O) groups excluding carboxylic acids is 6. The molecule has 58 heavy (non-hydrogen) atoms. The number of primary amides is 1. The van der Waals surface area contributed by atoms with Crippen molar-refractivity contribution in [1.82, 2.24) is 15.5 Å². The maximum Gasteiger partial charge on any atom is 0.410 e. The van der Waals surface area contributed by atoms with Gasteiger partial charge in [0, 0.05) is 61.4 Å². The molecule has 0 bridgehead atoms. The van der Waals surface area contributed by atoms with Gasteiger partial charge >= 0.3 is 12.1 Å². The molecule has 0 fully saturated rings. The molecule has 12 heteroatoms. The SMILES string of the molecule is CC(C)[C@H](CC(=O)CCC(=O)N1Cc2ccccc2C#Cc2ccccc21)C(=O)N[C@@H](CCCNC(N)=O)C(=O)Cc1ccc(COC(=O)N(C(C)C)C(C)C)cc1. The highest BCUT2D eigenvalue weighted by Crippen LogP contribution is 2.27. The van der Waals surface area contributed by atoms with Gasteiger partial charge in [0.2, 0.25) is 11.8 Å². The first-order valence-electron chi connectivity index (χ1n) is 20.0. The minimum absolute atomic E-state index is 0.0120. The first-order chi connectivity index (χ1) is 27.6. The number of Topliss-reactive ketones (excluding diaryl/α,β-unsaturated/α-hetero) is 2. The Bertz CT molecular complexity index is 1990. The van der Waals surface area contributed by atoms with Gasteiger partial charge in [0.1, 0.15) is 12.4 Å². The van der Waals surface area contributed by atoms with Gasteiger partial charge in [-0.15, -0.1) is 0 Å². The Hall–Kier alpha value is -5.96. The van der Waals surface area contributed by atoms with Crippen LogP contribution in [-0.2, 0) is 43.5 Å². The van der Waals surface area contributed by atoms with Gasteiger partial charge in [-0.05, 0) is 81.3 Å². The molecule has 0 radical (unpaired) electrons. The Morgan fingerprint density at radius 2 is 1.43 bits per heavy atom. The van der Waals surface area contributed by atoms with Crippen LogP contribution in [0.3, 0.4) is 0 Å². The summed E-state index contributed by atoms with van der Waals surface area (Å²) in [6.07, 6.45) is 0.0376. The number of amides is 5. The van der Waals surface area contributed by atoms with Gasteiger partial charge < -0.3 is 30.9 Å². The number of nitrogens with two attached hydrogens (primary N) is 1. The number of para-hydroxylation sites is 1. The first kappa shape index (κ1) is 44.8. The average Bonchev–Trinajstić information content (AvgIpc) is 3.17. The Kier molecular flexibility index (Phi) is 16.6. The Morgan fingerprint density at radius 1 is 0.810 bits per heavy atom. The number of hydrogen-bond donors (Lipinski definition) is 3. The molecule has 3 aromatic carbocycles. The molecule has 0 saturated heterocycles. The van der Waals surface area contributed by atoms with E-state index in [0.29, 0.717) is 24.2 Å². The van der Waals surface area contributed by atoms with E-state index < -0.39 is 30.0 Å². The summed E-state index contributed by atoms with van der Waals surface area (Å²) in [7, 11) is 0. The summed E-state index contributed by atoms with van der Waals surface area (Å²) in [6.45, 7) is 12.0. The van der Waals surface area contributed by atoms with Gasteiger partial charge in [-0.1, -0.05) is 80.3 Å². The Labute approximate surface area is 342 Å². The van der Waals surface area contributed by atoms with E-state index in [1.807, 2.05) is 90.1 Å². The van der Waals surface area contributed by atoms with E-state index in [2.05, 4.69) is 22.5 Å². The van der Waals surface area contributed by atoms with E-state index >= 15 is 0 Å². The van der Waals surface area contributed by atoms with Crippen LogP contribution in [0.15, 0.2) is 72.8 Å². The summed E-state index contributed by atoms with van der Waals surface area (Å²) in [6, 6.07) is 20.7. The molecule has 308 valence electrons. The molecule has 0 aliphatic carbocycles. The van der Waals surface area contributed by atoms with Crippen molar-refractivity contribution in [2.75, 3.05) is 11.4 Å². The van der Waals surface area contributed by atoms with Gasteiger partial charge in [0.25, 0.3) is 0 Å². The molecule has 5 amide bonds. The maximum atomic E-state index is 13.8. The van der Waals surface area contributed by atoms with Crippen molar-refractivity contribution in [1.29, 1.82) is 0 Å². The van der Waals surface area contributed by atoms with Gasteiger partial charge in [-0.25, -0.2) is 9.59 Å². The summed E-state index contributed by atoms with van der Waals surface area (Å²) in [4.78, 5) is 81.9. The number of ether oxygens (including phenoxy) is 1. The third kappa shape index (κ3) is 13.0. The number of nitrogens with zero attached hydrogens (tertiary/aromatic N) is 2. The zero-order chi connectivity index (χ0) is 42.4. The van der Waals surface area contributed by atoms with Crippen LogP contribution in [0.2, 0.25) is 0 Å². The van der Waals surface area contributed by atoms with E-state index in [-0.39, 0.29) is 80.7 Å². The predicted octanol–water partition coefficient (Wildman–Crippen LogP) is 6.45. The Balaban J connectivity index is 1.38. The average molecular weight is 792 g/mol. The number of rotatable bonds is 19. The minimum atomic E-state index is -0.892. The third-order valence-corrected chi connectivity index (χ3v) is 10.1. The molecule has 0 unspecified atom stereocenters. The molecular weight excluding hydrogens is 735 g/mol. The van der Waals surface area contributed by atoms with Crippen molar-refractivity contribution in [2.24, 2.45) is 17.6 Å². The van der Waals surface area contributed by atoms with Gasteiger partial charge in [0.15, 0.2) is 5.78 Å². The highest BCUT2D eigenvalue weighted by molar-refractivity contribution is 5.98. The van der Waals surface area contributed by atoms with Crippen molar-refractivity contribution in [3.05, 3.63) is 101 Å². The lowest BCUT2D eigenvalue weighted by Gasteiger charge is -2.29. The minimum Gasteiger partial charge on any atom is -0.445 e. The van der Waals surface area contributed by atoms with Crippen LogP contribution in [0.25, 0.3) is 0 Å². The zero-order valence-electron chi connectivity index (χ0n) is 34.5. The van der Waals surface area contributed by atoms with Crippen LogP contribution in [-0.4, -0.2) is 65.1 Å². The normalized spacial score (nSPS) is 12.9. The maximum absolute atomic E-state index is 13.8. The molecule has 0 spiro atoms. The molecule has 1 aliphatic rings. The molecule has 1 aliphatic heterocycles. The topological polar surface area (TPSA) is 168 Å². The van der Waals surface area contributed by atoms with Gasteiger partial charge in [0.05, 0.1) is 18.3 Å². The second-order valence-electron chi connectivity index (χ2n) is 15.6. The monoisotopic (exact) mass is 791 g/mol. The summed E-state index contributed by atoms with van der Waals surface area (Å²) in [5.41, 5.74) is 9.84. The van der Waals surface area contributed by atoms with Crippen molar-refractivity contribution in [3.63, 3.8) is 0 Å². The number of ketones is 2. The predicted molar refractivity (Wildman–Crippen MR) is 223 cm³/mol. The van der Waals surface area contributed by atoms with Crippen molar-refractivity contribution in [3.8, 4) is 11.8 Å². The second kappa shape index (κ2) is 21.5. The highest BCUT2D eigenvalue weighted by atomic mass is 16.6. The van der Waals surface area contributed by atoms with Crippen LogP contribution in [0.4, 0.5) is 15.3 Å². The molecule has 1 heterocycles. The number of nitrogens with one attached hydrogen (secondary N) is 2. The first-order valence-corrected chi connectivity index (χ1v) is 20.0. The lowest BCUT2D eigenvalue weighted by atomic mass is 9.88. The summed E-state index contributed by atoms with van der Waals surface area (Å²) < 4.78 is 5.53. The molecule has 0 aromatic heterocycles. The van der Waals surface area contributed by atoms with Crippen LogP contribution >= 0.6 is 0 Å². The zero-order valence-corrected chi connectivity index (χ0v) is 34.5. The lowest BCUT2D eigenvalue weighted by molar-refractivity contribution is -0.134. The smallest absolute Gasteiger partial charge is 0.410 e. The molecular formula is C46H57N5O7. The van der Waals surface area contributed by atoms with Crippen molar-refractivity contribution in [2.45, 2.75) is 111 Å². The van der Waals surface area contributed by atoms with Crippen LogP contribution < -0.4 is 21.3 Å². The second-order valence-corrected chi connectivity index (χ2v) is 15.6. The lowest BCUT2D eigenvalue weighted by Crippen LogP contribution is -2.46. The molecule has 3 aromatic rings. The van der Waals surface area contributed by atoms with E-state index in [9.17, 15) is 28.8 Å². The molecule has 4 rings (SSSR count). The number of hydrogen-bond acceptors (Lipinski definition) is 7. The fraction of sp³-hybridized carbons (Fsp3) is 0.435. The number of carbonyl (C=O) groups is 6. The van der Waals surface area contributed by atoms with Crippen LogP contribution in [0, 0.1) is 23.7 Å². The number of urea groups is 1. The number of benzene rings is 3. The van der Waals surface area contributed by atoms with E-state index in [0.717, 1.165) is 22.3 Å². The van der Waals surface area contributed by atoms with Crippen molar-refractivity contribution >= 4 is 41.2 Å². The quantitative estimate of drug-likeness (QED) is 0.0927.